The van der Waals surface area contributed by atoms with E-state index >= 15 is 0 Å². The molecule has 0 saturated carbocycles. The van der Waals surface area contributed by atoms with Crippen LogP contribution >= 0.6 is 0 Å². The summed E-state index contributed by atoms with van der Waals surface area (Å²) in [5, 5.41) is 6.19. The number of carbonyl (C=O) groups is 1. The number of furan rings is 1. The first kappa shape index (κ1) is 19.8. The molecule has 4 aromatic heterocycles. The molecule has 0 saturated heterocycles. The Labute approximate surface area is 183 Å². The van der Waals surface area contributed by atoms with Crippen LogP contribution in [0.2, 0.25) is 0 Å². The van der Waals surface area contributed by atoms with Crippen molar-refractivity contribution in [3.8, 4) is 11.5 Å². The standard InChI is InChI=1S/C23H22N6O3/c1-23(2,3)32-22(30)28-10-9-15-14(6-4-7-17(15)28)13-29-20-16(12-25-29)19(26-21(24)27-20)18-8-5-11-31-18/h4-12H,13H2,1-3H3,(H2,24,26,27). The van der Waals surface area contributed by atoms with Gasteiger partial charge in [-0.25, -0.2) is 14.5 Å². The number of nitrogens with zero attached hydrogens (tertiary/aromatic N) is 5. The number of hydrogen-bond donors (Lipinski definition) is 1. The van der Waals surface area contributed by atoms with Gasteiger partial charge in [0.25, 0.3) is 0 Å². The second-order valence-corrected chi connectivity index (χ2v) is 8.46. The Bertz CT molecular complexity index is 1440. The zero-order valence-corrected chi connectivity index (χ0v) is 17.9. The number of ether oxygens (including phenoxy) is 1. The van der Waals surface area contributed by atoms with Gasteiger partial charge in [0, 0.05) is 11.6 Å². The van der Waals surface area contributed by atoms with Crippen molar-refractivity contribution in [3.63, 3.8) is 0 Å². The molecular formula is C23H22N6O3. The minimum Gasteiger partial charge on any atom is -0.463 e. The van der Waals surface area contributed by atoms with Crippen molar-refractivity contribution in [2.45, 2.75) is 32.9 Å². The van der Waals surface area contributed by atoms with Crippen LogP contribution in [0, 0.1) is 0 Å². The van der Waals surface area contributed by atoms with Crippen LogP contribution in [-0.2, 0) is 11.3 Å². The van der Waals surface area contributed by atoms with E-state index in [1.807, 2.05) is 51.1 Å². The molecule has 0 aliphatic carbocycles. The highest BCUT2D eigenvalue weighted by molar-refractivity contribution is 5.92. The van der Waals surface area contributed by atoms with Gasteiger partial charge >= 0.3 is 6.09 Å². The normalized spacial score (nSPS) is 12.0. The fourth-order valence-electron chi connectivity index (χ4n) is 3.69. The van der Waals surface area contributed by atoms with E-state index in [-0.39, 0.29) is 5.95 Å². The van der Waals surface area contributed by atoms with E-state index < -0.39 is 11.7 Å². The lowest BCUT2D eigenvalue weighted by atomic mass is 10.1. The summed E-state index contributed by atoms with van der Waals surface area (Å²) in [6.07, 6.45) is 4.59. The summed E-state index contributed by atoms with van der Waals surface area (Å²) in [7, 11) is 0. The van der Waals surface area contributed by atoms with Gasteiger partial charge in [-0.3, -0.25) is 4.57 Å². The lowest BCUT2D eigenvalue weighted by Gasteiger charge is -2.19. The van der Waals surface area contributed by atoms with E-state index in [0.717, 1.165) is 21.9 Å². The molecule has 0 aliphatic heterocycles. The van der Waals surface area contributed by atoms with Gasteiger partial charge < -0.3 is 14.9 Å². The van der Waals surface area contributed by atoms with Crippen LogP contribution in [0.15, 0.2) is 59.5 Å². The summed E-state index contributed by atoms with van der Waals surface area (Å²) in [6.45, 7) is 5.97. The lowest BCUT2D eigenvalue weighted by Crippen LogP contribution is -2.26. The van der Waals surface area contributed by atoms with Crippen LogP contribution in [0.5, 0.6) is 0 Å². The molecule has 0 radical (unpaired) electrons. The maximum atomic E-state index is 12.6. The Kier molecular flexibility index (Phi) is 4.47. The number of anilines is 1. The number of benzene rings is 1. The van der Waals surface area contributed by atoms with Gasteiger partial charge in [-0.1, -0.05) is 12.1 Å². The highest BCUT2D eigenvalue weighted by atomic mass is 16.6. The molecule has 0 aliphatic rings. The van der Waals surface area contributed by atoms with Gasteiger partial charge in [0.1, 0.15) is 11.3 Å². The summed E-state index contributed by atoms with van der Waals surface area (Å²) in [6, 6.07) is 11.3. The minimum absolute atomic E-state index is 0.139. The average molecular weight is 430 g/mol. The van der Waals surface area contributed by atoms with Crippen molar-refractivity contribution in [2.75, 3.05) is 5.73 Å². The fraction of sp³-hybridized carbons (Fsp3) is 0.217. The van der Waals surface area contributed by atoms with E-state index in [2.05, 4.69) is 15.1 Å². The van der Waals surface area contributed by atoms with Gasteiger partial charge in [0.2, 0.25) is 5.95 Å². The van der Waals surface area contributed by atoms with Crippen molar-refractivity contribution < 1.29 is 13.9 Å². The molecule has 0 spiro atoms. The first-order valence-corrected chi connectivity index (χ1v) is 10.2. The Balaban J connectivity index is 1.55. The van der Waals surface area contributed by atoms with Crippen LogP contribution in [0.4, 0.5) is 10.7 Å². The predicted molar refractivity (Wildman–Crippen MR) is 120 cm³/mol. The molecule has 1 aromatic carbocycles. The van der Waals surface area contributed by atoms with Gasteiger partial charge in [-0.05, 0) is 50.6 Å². The zero-order chi connectivity index (χ0) is 22.5. The van der Waals surface area contributed by atoms with Gasteiger partial charge in [-0.2, -0.15) is 10.1 Å². The Morgan fingerprint density at radius 1 is 1.12 bits per heavy atom. The highest BCUT2D eigenvalue weighted by Crippen LogP contribution is 2.28. The first-order valence-electron chi connectivity index (χ1n) is 10.2. The van der Waals surface area contributed by atoms with E-state index in [9.17, 15) is 4.79 Å². The molecule has 0 unspecified atom stereocenters. The maximum absolute atomic E-state index is 12.6. The SMILES string of the molecule is CC(C)(C)OC(=O)n1ccc2c(Cn3ncc4c(-c5ccco5)nc(N)nc43)cccc21. The number of nitrogen functional groups attached to an aromatic ring is 1. The number of aromatic nitrogens is 5. The molecule has 5 aromatic rings. The highest BCUT2D eigenvalue weighted by Gasteiger charge is 2.20. The Morgan fingerprint density at radius 2 is 1.97 bits per heavy atom. The van der Waals surface area contributed by atoms with E-state index in [1.165, 1.54) is 4.57 Å². The van der Waals surface area contributed by atoms with Gasteiger partial charge in [0.05, 0.1) is 29.9 Å². The second kappa shape index (κ2) is 7.23. The van der Waals surface area contributed by atoms with Gasteiger partial charge in [0.15, 0.2) is 11.4 Å². The number of hydrogen-bond acceptors (Lipinski definition) is 7. The third kappa shape index (κ3) is 3.47. The number of rotatable bonds is 3. The van der Waals surface area contributed by atoms with Crippen LogP contribution in [-0.4, -0.2) is 36.0 Å². The average Bonchev–Trinajstić information content (AvgIpc) is 3.46. The monoisotopic (exact) mass is 430 g/mol. The van der Waals surface area contributed by atoms with Crippen molar-refractivity contribution in [1.29, 1.82) is 0 Å². The molecule has 0 amide bonds. The number of carbonyl (C=O) groups excluding carboxylic acids is 1. The molecule has 2 N–H and O–H groups in total. The third-order valence-corrected chi connectivity index (χ3v) is 5.00. The summed E-state index contributed by atoms with van der Waals surface area (Å²) >= 11 is 0. The summed E-state index contributed by atoms with van der Waals surface area (Å²) in [4.78, 5) is 21.3. The first-order chi connectivity index (χ1) is 15.3. The van der Waals surface area contributed by atoms with Crippen LogP contribution < -0.4 is 5.73 Å². The van der Waals surface area contributed by atoms with Crippen molar-refractivity contribution in [1.82, 2.24) is 24.3 Å². The summed E-state index contributed by atoms with van der Waals surface area (Å²) in [5.41, 5.74) is 8.33. The molecule has 0 atom stereocenters. The topological polar surface area (TPSA) is 114 Å². The molecule has 9 nitrogen and oxygen atoms in total. The molecule has 9 heteroatoms. The van der Waals surface area contributed by atoms with E-state index in [0.29, 0.717) is 23.6 Å². The summed E-state index contributed by atoms with van der Waals surface area (Å²) in [5.74, 6) is 0.736. The maximum Gasteiger partial charge on any atom is 0.418 e. The third-order valence-electron chi connectivity index (χ3n) is 5.00. The minimum atomic E-state index is -0.579. The smallest absolute Gasteiger partial charge is 0.418 e. The van der Waals surface area contributed by atoms with Crippen LogP contribution in [0.1, 0.15) is 26.3 Å². The quantitative estimate of drug-likeness (QED) is 0.449. The Hall–Kier alpha value is -4.14. The number of nitrogens with two attached hydrogens (primary N) is 1. The lowest BCUT2D eigenvalue weighted by molar-refractivity contribution is 0.0544. The molecular weight excluding hydrogens is 408 g/mol. The van der Waals surface area contributed by atoms with E-state index in [4.69, 9.17) is 14.9 Å². The molecule has 32 heavy (non-hydrogen) atoms. The number of fused-ring (bicyclic) bond motifs is 2. The van der Waals surface area contributed by atoms with E-state index in [1.54, 1.807) is 29.4 Å². The zero-order valence-electron chi connectivity index (χ0n) is 17.9. The molecule has 162 valence electrons. The van der Waals surface area contributed by atoms with Crippen LogP contribution in [0.3, 0.4) is 0 Å². The van der Waals surface area contributed by atoms with Crippen LogP contribution in [0.25, 0.3) is 33.4 Å². The van der Waals surface area contributed by atoms with Crippen molar-refractivity contribution >= 4 is 34.0 Å². The second-order valence-electron chi connectivity index (χ2n) is 8.46. The molecule has 5 rings (SSSR count). The predicted octanol–water partition coefficient (Wildman–Crippen LogP) is 4.45. The largest absolute Gasteiger partial charge is 0.463 e. The molecule has 0 bridgehead atoms. The van der Waals surface area contributed by atoms with Gasteiger partial charge in [-0.15, -0.1) is 0 Å². The molecule has 4 heterocycles. The van der Waals surface area contributed by atoms with Crippen molar-refractivity contribution in [2.24, 2.45) is 0 Å². The fourth-order valence-corrected chi connectivity index (χ4v) is 3.69. The molecule has 0 fully saturated rings. The Morgan fingerprint density at radius 3 is 2.72 bits per heavy atom. The van der Waals surface area contributed by atoms with Crippen molar-refractivity contribution in [3.05, 3.63) is 60.6 Å². The summed E-state index contributed by atoms with van der Waals surface area (Å²) < 4.78 is 14.3.